The predicted octanol–water partition coefficient (Wildman–Crippen LogP) is 1.38. The number of alkyl carbamates (subject to hydrolysis) is 1. The Morgan fingerprint density at radius 1 is 1.25 bits per heavy atom. The zero-order valence-corrected chi connectivity index (χ0v) is 11.4. The first-order valence-electron chi connectivity index (χ1n) is 6.30. The lowest BCUT2D eigenvalue weighted by Gasteiger charge is -2.23. The third-order valence-corrected chi connectivity index (χ3v) is 3.04. The summed E-state index contributed by atoms with van der Waals surface area (Å²) in [5.74, 6) is -1.84. The summed E-state index contributed by atoms with van der Waals surface area (Å²) in [6, 6.07) is 7.85. The summed E-state index contributed by atoms with van der Waals surface area (Å²) in [4.78, 5) is 22.7. The van der Waals surface area contributed by atoms with Crippen LogP contribution in [0.2, 0.25) is 0 Å². The Morgan fingerprint density at radius 2 is 1.85 bits per heavy atom. The molecule has 1 rings (SSSR count). The molecule has 0 aromatic heterocycles. The van der Waals surface area contributed by atoms with E-state index < -0.39 is 30.1 Å². The smallest absolute Gasteiger partial charge is 0.408 e. The lowest BCUT2D eigenvalue weighted by molar-refractivity contribution is -0.141. The lowest BCUT2D eigenvalue weighted by Crippen LogP contribution is -2.48. The van der Waals surface area contributed by atoms with Crippen molar-refractivity contribution >= 4 is 12.1 Å². The van der Waals surface area contributed by atoms with E-state index in [1.54, 1.807) is 19.1 Å². The third kappa shape index (κ3) is 4.89. The van der Waals surface area contributed by atoms with Crippen molar-refractivity contribution in [3.05, 3.63) is 35.9 Å². The van der Waals surface area contributed by atoms with E-state index in [0.29, 0.717) is 0 Å². The highest BCUT2D eigenvalue weighted by Gasteiger charge is 2.29. The molecular formula is C14H19NO5. The van der Waals surface area contributed by atoms with E-state index in [9.17, 15) is 14.7 Å². The number of carboxylic acid groups (broad SMARTS) is 1. The van der Waals surface area contributed by atoms with Crippen molar-refractivity contribution in [1.29, 1.82) is 0 Å². The molecule has 1 aromatic carbocycles. The maximum atomic E-state index is 11.6. The van der Waals surface area contributed by atoms with Gasteiger partial charge in [0.15, 0.2) is 0 Å². The number of carbonyl (C=O) groups is 2. The molecule has 0 radical (unpaired) electrons. The minimum Gasteiger partial charge on any atom is -0.480 e. The van der Waals surface area contributed by atoms with Gasteiger partial charge in [0, 0.05) is 5.92 Å². The van der Waals surface area contributed by atoms with E-state index in [0.717, 1.165) is 5.56 Å². The topological polar surface area (TPSA) is 95.9 Å². The van der Waals surface area contributed by atoms with E-state index >= 15 is 0 Å². The molecule has 0 aliphatic carbocycles. The normalized spacial score (nSPS) is 14.9. The fraction of sp³-hybridized carbons (Fsp3) is 0.429. The summed E-state index contributed by atoms with van der Waals surface area (Å²) in [6.07, 6.45) is -1.68. The number of carbonyl (C=O) groups excluding carboxylic acids is 1. The molecule has 0 aliphatic heterocycles. The van der Waals surface area contributed by atoms with Gasteiger partial charge < -0.3 is 20.3 Å². The fourth-order valence-corrected chi connectivity index (χ4v) is 1.59. The summed E-state index contributed by atoms with van der Waals surface area (Å²) < 4.78 is 4.94. The molecule has 0 fully saturated rings. The van der Waals surface area contributed by atoms with Gasteiger partial charge in [-0.25, -0.2) is 9.59 Å². The SMILES string of the molecule is C[C@@H]([C@H](C)O)[C@H](NC(=O)OCc1ccccc1)C(=O)O. The molecule has 1 amide bonds. The number of hydrogen-bond donors (Lipinski definition) is 3. The monoisotopic (exact) mass is 281 g/mol. The predicted molar refractivity (Wildman–Crippen MR) is 72.0 cm³/mol. The highest BCUT2D eigenvalue weighted by molar-refractivity contribution is 5.80. The third-order valence-electron chi connectivity index (χ3n) is 3.04. The number of hydrogen-bond acceptors (Lipinski definition) is 4. The highest BCUT2D eigenvalue weighted by Crippen LogP contribution is 2.09. The van der Waals surface area contributed by atoms with Crippen LogP contribution in [0.4, 0.5) is 4.79 Å². The van der Waals surface area contributed by atoms with Gasteiger partial charge in [0.1, 0.15) is 12.6 Å². The number of carboxylic acids is 1. The van der Waals surface area contributed by atoms with Crippen LogP contribution >= 0.6 is 0 Å². The Kier molecular flexibility index (Phi) is 5.99. The van der Waals surface area contributed by atoms with Gasteiger partial charge >= 0.3 is 12.1 Å². The quantitative estimate of drug-likeness (QED) is 0.732. The van der Waals surface area contributed by atoms with E-state index in [1.165, 1.54) is 6.92 Å². The Hall–Kier alpha value is -2.08. The largest absolute Gasteiger partial charge is 0.480 e. The number of benzene rings is 1. The molecule has 0 heterocycles. The van der Waals surface area contributed by atoms with Crippen molar-refractivity contribution in [2.45, 2.75) is 32.6 Å². The zero-order chi connectivity index (χ0) is 15.1. The molecule has 3 N–H and O–H groups in total. The van der Waals surface area contributed by atoms with Crippen LogP contribution in [0.3, 0.4) is 0 Å². The molecule has 6 heteroatoms. The van der Waals surface area contributed by atoms with Crippen molar-refractivity contribution in [2.24, 2.45) is 5.92 Å². The molecule has 6 nitrogen and oxygen atoms in total. The Labute approximate surface area is 117 Å². The van der Waals surface area contributed by atoms with Gasteiger partial charge in [-0.05, 0) is 12.5 Å². The summed E-state index contributed by atoms with van der Waals surface area (Å²) >= 11 is 0. The minimum atomic E-state index is -1.21. The van der Waals surface area contributed by atoms with Crippen LogP contribution in [0.1, 0.15) is 19.4 Å². The van der Waals surface area contributed by atoms with Crippen molar-refractivity contribution in [2.75, 3.05) is 0 Å². The zero-order valence-electron chi connectivity index (χ0n) is 11.4. The molecule has 0 saturated heterocycles. The summed E-state index contributed by atoms with van der Waals surface area (Å²) in [7, 11) is 0. The van der Waals surface area contributed by atoms with E-state index in [1.807, 2.05) is 18.2 Å². The van der Waals surface area contributed by atoms with Crippen LogP contribution in [0.5, 0.6) is 0 Å². The fourth-order valence-electron chi connectivity index (χ4n) is 1.59. The first-order chi connectivity index (χ1) is 9.41. The number of rotatable bonds is 6. The van der Waals surface area contributed by atoms with Crippen molar-refractivity contribution < 1.29 is 24.5 Å². The number of aliphatic carboxylic acids is 1. The molecule has 20 heavy (non-hydrogen) atoms. The van der Waals surface area contributed by atoms with Crippen LogP contribution in [-0.4, -0.2) is 34.4 Å². The van der Waals surface area contributed by atoms with Crippen LogP contribution in [0.25, 0.3) is 0 Å². The Bertz CT molecular complexity index is 446. The molecule has 0 bridgehead atoms. The first-order valence-corrected chi connectivity index (χ1v) is 6.30. The summed E-state index contributed by atoms with van der Waals surface area (Å²) in [6.45, 7) is 3.07. The number of ether oxygens (including phenoxy) is 1. The molecule has 0 unspecified atom stereocenters. The Morgan fingerprint density at radius 3 is 2.35 bits per heavy atom. The summed E-state index contributed by atoms with van der Waals surface area (Å²) in [5.41, 5.74) is 0.804. The second-order valence-corrected chi connectivity index (χ2v) is 4.62. The molecular weight excluding hydrogens is 262 g/mol. The molecule has 1 aromatic rings. The van der Waals surface area contributed by atoms with Crippen LogP contribution < -0.4 is 5.32 Å². The molecule has 110 valence electrons. The molecule has 3 atom stereocenters. The van der Waals surface area contributed by atoms with Crippen molar-refractivity contribution in [3.63, 3.8) is 0 Å². The standard InChI is InChI=1S/C14H19NO5/c1-9(10(2)16)12(13(17)18)15-14(19)20-8-11-6-4-3-5-7-11/h3-7,9-10,12,16H,8H2,1-2H3,(H,15,19)(H,17,18)/t9-,10-,12-/m0/s1. The van der Waals surface area contributed by atoms with E-state index in [4.69, 9.17) is 9.84 Å². The maximum Gasteiger partial charge on any atom is 0.408 e. The van der Waals surface area contributed by atoms with Crippen molar-refractivity contribution in [1.82, 2.24) is 5.32 Å². The Balaban J connectivity index is 2.52. The van der Waals surface area contributed by atoms with Crippen LogP contribution in [-0.2, 0) is 16.1 Å². The van der Waals surface area contributed by atoms with Gasteiger partial charge in [-0.1, -0.05) is 37.3 Å². The van der Waals surface area contributed by atoms with Crippen molar-refractivity contribution in [3.8, 4) is 0 Å². The number of nitrogens with one attached hydrogen (secondary N) is 1. The molecule has 0 saturated carbocycles. The van der Waals surface area contributed by atoms with Crippen LogP contribution in [0.15, 0.2) is 30.3 Å². The van der Waals surface area contributed by atoms with Gasteiger partial charge in [0.2, 0.25) is 0 Å². The van der Waals surface area contributed by atoms with Crippen LogP contribution in [0, 0.1) is 5.92 Å². The maximum absolute atomic E-state index is 11.6. The lowest BCUT2D eigenvalue weighted by atomic mass is 9.97. The second-order valence-electron chi connectivity index (χ2n) is 4.62. The van der Waals surface area contributed by atoms with Gasteiger partial charge in [-0.2, -0.15) is 0 Å². The van der Waals surface area contributed by atoms with E-state index in [-0.39, 0.29) is 6.61 Å². The van der Waals surface area contributed by atoms with Gasteiger partial charge in [-0.3, -0.25) is 0 Å². The van der Waals surface area contributed by atoms with Gasteiger partial charge in [0.25, 0.3) is 0 Å². The second kappa shape index (κ2) is 7.49. The number of amides is 1. The first kappa shape index (κ1) is 16.0. The minimum absolute atomic E-state index is 0.0576. The summed E-state index contributed by atoms with van der Waals surface area (Å²) in [5, 5.41) is 20.7. The molecule has 0 spiro atoms. The number of aliphatic hydroxyl groups is 1. The highest BCUT2D eigenvalue weighted by atomic mass is 16.5. The average molecular weight is 281 g/mol. The number of aliphatic hydroxyl groups excluding tert-OH is 1. The van der Waals surface area contributed by atoms with E-state index in [2.05, 4.69) is 5.32 Å². The van der Waals surface area contributed by atoms with Gasteiger partial charge in [-0.15, -0.1) is 0 Å². The molecule has 0 aliphatic rings. The average Bonchev–Trinajstić information content (AvgIpc) is 2.42. The van der Waals surface area contributed by atoms with Gasteiger partial charge in [0.05, 0.1) is 6.10 Å².